The molecular formula is C32H29NO4. The fraction of sp³-hybridized carbons (Fsp3) is 0.125. The molecule has 0 saturated carbocycles. The predicted molar refractivity (Wildman–Crippen MR) is 148 cm³/mol. The molecule has 0 heterocycles. The van der Waals surface area contributed by atoms with Crippen molar-refractivity contribution in [1.29, 1.82) is 0 Å². The van der Waals surface area contributed by atoms with Crippen LogP contribution in [0, 0.1) is 0 Å². The van der Waals surface area contributed by atoms with E-state index in [9.17, 15) is 9.59 Å². The number of hydrogen-bond donors (Lipinski definition) is 0. The van der Waals surface area contributed by atoms with Gasteiger partial charge < -0.3 is 14.4 Å². The summed E-state index contributed by atoms with van der Waals surface area (Å²) in [7, 11) is 0. The summed E-state index contributed by atoms with van der Waals surface area (Å²) in [6.45, 7) is 10.9. The number of hydrogen-bond acceptors (Lipinski definition) is 5. The van der Waals surface area contributed by atoms with E-state index in [1.807, 2.05) is 60.7 Å². The molecule has 0 N–H and O–H groups in total. The number of carbonyl (C=O) groups is 2. The number of carbonyl (C=O) groups excluding carboxylic acids is 2. The number of nitrogens with zero attached hydrogens (tertiary/aromatic N) is 1. The standard InChI is InChI=1S/C32H29NO4/c1-22(2)31(34)36-20-24-9-14-28(15-10-24)33(30-18-13-26-7-5-6-8-27(26)19-30)29-16-11-25(12-17-29)21-37-32(35)23(3)4/h5-19H,1,3,20-21H2,2,4H3. The Morgan fingerprint density at radius 1 is 0.622 bits per heavy atom. The number of esters is 2. The van der Waals surface area contributed by atoms with Gasteiger partial charge in [-0.2, -0.15) is 0 Å². The molecule has 0 aliphatic rings. The Morgan fingerprint density at radius 2 is 1.05 bits per heavy atom. The lowest BCUT2D eigenvalue weighted by Gasteiger charge is -2.26. The van der Waals surface area contributed by atoms with Gasteiger partial charge in [-0.3, -0.25) is 0 Å². The van der Waals surface area contributed by atoms with Crippen molar-refractivity contribution in [2.75, 3.05) is 4.90 Å². The third kappa shape index (κ3) is 6.33. The van der Waals surface area contributed by atoms with Gasteiger partial charge in [0, 0.05) is 28.2 Å². The third-order valence-corrected chi connectivity index (χ3v) is 5.82. The molecule has 0 bridgehead atoms. The Kier molecular flexibility index (Phi) is 7.84. The van der Waals surface area contributed by atoms with Gasteiger partial charge in [-0.05, 0) is 72.1 Å². The maximum atomic E-state index is 11.8. The normalized spacial score (nSPS) is 10.5. The molecule has 0 atom stereocenters. The summed E-state index contributed by atoms with van der Waals surface area (Å²) in [5.41, 5.74) is 5.41. The van der Waals surface area contributed by atoms with Crippen LogP contribution in [0.5, 0.6) is 0 Å². The summed E-state index contributed by atoms with van der Waals surface area (Å²) in [6, 6.07) is 30.4. The van der Waals surface area contributed by atoms with E-state index in [4.69, 9.17) is 9.47 Å². The molecule has 5 nitrogen and oxygen atoms in total. The van der Waals surface area contributed by atoms with Gasteiger partial charge in [0.05, 0.1) is 0 Å². The van der Waals surface area contributed by atoms with E-state index in [1.54, 1.807) is 13.8 Å². The molecule has 4 aromatic carbocycles. The largest absolute Gasteiger partial charge is 0.457 e. The van der Waals surface area contributed by atoms with E-state index in [-0.39, 0.29) is 13.2 Å². The molecule has 5 heteroatoms. The first kappa shape index (κ1) is 25.5. The van der Waals surface area contributed by atoms with Crippen LogP contribution in [0.4, 0.5) is 17.1 Å². The predicted octanol–water partition coefficient (Wildman–Crippen LogP) is 7.55. The van der Waals surface area contributed by atoms with Crippen molar-refractivity contribution in [2.24, 2.45) is 0 Å². The zero-order chi connectivity index (χ0) is 26.4. The number of rotatable bonds is 9. The van der Waals surface area contributed by atoms with Crippen molar-refractivity contribution in [1.82, 2.24) is 0 Å². The van der Waals surface area contributed by atoms with Gasteiger partial charge in [0.2, 0.25) is 0 Å². The first-order valence-electron chi connectivity index (χ1n) is 11.9. The molecule has 0 fully saturated rings. The molecule has 0 saturated heterocycles. The van der Waals surface area contributed by atoms with Crippen molar-refractivity contribution in [3.63, 3.8) is 0 Å². The van der Waals surface area contributed by atoms with E-state index in [0.717, 1.165) is 39.0 Å². The first-order valence-corrected chi connectivity index (χ1v) is 11.9. The first-order chi connectivity index (χ1) is 17.8. The van der Waals surface area contributed by atoms with Gasteiger partial charge in [-0.1, -0.05) is 67.8 Å². The summed E-state index contributed by atoms with van der Waals surface area (Å²) in [5.74, 6) is -0.813. The lowest BCUT2D eigenvalue weighted by Crippen LogP contribution is -2.11. The Hall–Kier alpha value is -4.64. The van der Waals surface area contributed by atoms with Gasteiger partial charge in [0.1, 0.15) is 13.2 Å². The molecular weight excluding hydrogens is 462 g/mol. The minimum Gasteiger partial charge on any atom is -0.457 e. The van der Waals surface area contributed by atoms with E-state index in [2.05, 4.69) is 48.4 Å². The van der Waals surface area contributed by atoms with Crippen LogP contribution in [0.15, 0.2) is 115 Å². The minimum atomic E-state index is -0.407. The van der Waals surface area contributed by atoms with Gasteiger partial charge in [-0.15, -0.1) is 0 Å². The van der Waals surface area contributed by atoms with Gasteiger partial charge in [0.25, 0.3) is 0 Å². The third-order valence-electron chi connectivity index (χ3n) is 5.82. The van der Waals surface area contributed by atoms with Gasteiger partial charge in [0.15, 0.2) is 0 Å². The lowest BCUT2D eigenvalue weighted by atomic mass is 10.1. The smallest absolute Gasteiger partial charge is 0.333 e. The summed E-state index contributed by atoms with van der Waals surface area (Å²) in [5, 5.41) is 2.30. The molecule has 0 unspecified atom stereocenters. The Bertz CT molecular complexity index is 1380. The second-order valence-electron chi connectivity index (χ2n) is 8.91. The summed E-state index contributed by atoms with van der Waals surface area (Å²) in [6.07, 6.45) is 0. The number of fused-ring (bicyclic) bond motifs is 1. The highest BCUT2D eigenvalue weighted by molar-refractivity contribution is 5.89. The quantitative estimate of drug-likeness (QED) is 0.179. The van der Waals surface area contributed by atoms with Crippen molar-refractivity contribution >= 4 is 39.8 Å². The lowest BCUT2D eigenvalue weighted by molar-refractivity contribution is -0.141. The second-order valence-corrected chi connectivity index (χ2v) is 8.91. The summed E-state index contributed by atoms with van der Waals surface area (Å²) < 4.78 is 10.6. The van der Waals surface area contributed by atoms with Gasteiger partial charge in [-0.25, -0.2) is 9.59 Å². The molecule has 186 valence electrons. The Labute approximate surface area is 217 Å². The van der Waals surface area contributed by atoms with E-state index in [1.165, 1.54) is 0 Å². The van der Waals surface area contributed by atoms with Crippen LogP contribution >= 0.6 is 0 Å². The maximum absolute atomic E-state index is 11.8. The van der Waals surface area contributed by atoms with E-state index < -0.39 is 11.9 Å². The van der Waals surface area contributed by atoms with Crippen LogP contribution in [-0.2, 0) is 32.3 Å². The molecule has 37 heavy (non-hydrogen) atoms. The molecule has 4 rings (SSSR count). The molecule has 0 aromatic heterocycles. The SMILES string of the molecule is C=C(C)C(=O)OCc1ccc(N(c2ccc(COC(=O)C(=C)C)cc2)c2ccc3ccccc3c2)cc1. The van der Waals surface area contributed by atoms with E-state index in [0.29, 0.717) is 11.1 Å². The molecule has 0 amide bonds. The van der Waals surface area contributed by atoms with E-state index >= 15 is 0 Å². The summed E-state index contributed by atoms with van der Waals surface area (Å²) >= 11 is 0. The second kappa shape index (κ2) is 11.4. The Balaban J connectivity index is 1.64. The number of ether oxygens (including phenoxy) is 2. The average molecular weight is 492 g/mol. The van der Waals surface area contributed by atoms with Crippen molar-refractivity contribution in [3.8, 4) is 0 Å². The monoisotopic (exact) mass is 491 g/mol. The zero-order valence-corrected chi connectivity index (χ0v) is 21.1. The van der Waals surface area contributed by atoms with Crippen molar-refractivity contribution in [2.45, 2.75) is 27.1 Å². The van der Waals surface area contributed by atoms with Crippen molar-refractivity contribution in [3.05, 3.63) is 126 Å². The van der Waals surface area contributed by atoms with Crippen LogP contribution in [0.1, 0.15) is 25.0 Å². The topological polar surface area (TPSA) is 55.8 Å². The van der Waals surface area contributed by atoms with Crippen LogP contribution in [0.3, 0.4) is 0 Å². The fourth-order valence-corrected chi connectivity index (χ4v) is 3.79. The molecule has 4 aromatic rings. The molecule has 0 radical (unpaired) electrons. The van der Waals surface area contributed by atoms with Gasteiger partial charge >= 0.3 is 11.9 Å². The van der Waals surface area contributed by atoms with Crippen LogP contribution < -0.4 is 4.90 Å². The van der Waals surface area contributed by atoms with Crippen molar-refractivity contribution < 1.29 is 19.1 Å². The van der Waals surface area contributed by atoms with Crippen LogP contribution in [0.2, 0.25) is 0 Å². The number of benzene rings is 4. The highest BCUT2D eigenvalue weighted by Gasteiger charge is 2.14. The molecule has 0 aliphatic carbocycles. The highest BCUT2D eigenvalue weighted by Crippen LogP contribution is 2.36. The van der Waals surface area contributed by atoms with Crippen LogP contribution in [-0.4, -0.2) is 11.9 Å². The minimum absolute atomic E-state index is 0.180. The fourth-order valence-electron chi connectivity index (χ4n) is 3.79. The highest BCUT2D eigenvalue weighted by atomic mass is 16.5. The average Bonchev–Trinajstić information content (AvgIpc) is 2.91. The molecule has 0 aliphatic heterocycles. The molecule has 0 spiro atoms. The maximum Gasteiger partial charge on any atom is 0.333 e. The van der Waals surface area contributed by atoms with Crippen LogP contribution in [0.25, 0.3) is 10.8 Å². The Morgan fingerprint density at radius 3 is 1.51 bits per heavy atom. The summed E-state index contributed by atoms with van der Waals surface area (Å²) in [4.78, 5) is 25.7. The number of anilines is 3. The zero-order valence-electron chi connectivity index (χ0n) is 21.1.